The summed E-state index contributed by atoms with van der Waals surface area (Å²) in [5.74, 6) is 1.68. The molecule has 20 heavy (non-hydrogen) atoms. The lowest BCUT2D eigenvalue weighted by Gasteiger charge is -2.10. The van der Waals surface area contributed by atoms with Crippen molar-refractivity contribution in [2.24, 2.45) is 5.73 Å². The second-order valence-corrected chi connectivity index (χ2v) is 5.29. The van der Waals surface area contributed by atoms with Crippen molar-refractivity contribution in [1.82, 2.24) is 0 Å². The maximum atomic E-state index is 5.83. The smallest absolute Gasteiger partial charge is 0.120 e. The molecule has 2 N–H and O–H groups in total. The Morgan fingerprint density at radius 3 is 2.70 bits per heavy atom. The van der Waals surface area contributed by atoms with Crippen LogP contribution in [0.15, 0.2) is 46.9 Å². The zero-order valence-corrected chi connectivity index (χ0v) is 13.0. The minimum absolute atomic E-state index is 0.490. The summed E-state index contributed by atoms with van der Waals surface area (Å²) in [4.78, 5) is 0. The van der Waals surface area contributed by atoms with Crippen LogP contribution in [0.3, 0.4) is 0 Å². The number of hydrogen-bond acceptors (Lipinski definition) is 3. The van der Waals surface area contributed by atoms with Crippen LogP contribution in [0.1, 0.15) is 11.1 Å². The van der Waals surface area contributed by atoms with Crippen molar-refractivity contribution in [2.45, 2.75) is 13.0 Å². The predicted octanol–water partition coefficient (Wildman–Crippen LogP) is 3.54. The van der Waals surface area contributed by atoms with Gasteiger partial charge in [0.25, 0.3) is 0 Å². The molecule has 2 aromatic rings. The van der Waals surface area contributed by atoms with Gasteiger partial charge in [-0.15, -0.1) is 0 Å². The van der Waals surface area contributed by atoms with E-state index in [9.17, 15) is 0 Å². The average Bonchev–Trinajstić information content (AvgIpc) is 2.47. The summed E-state index contributed by atoms with van der Waals surface area (Å²) >= 11 is 3.52. The highest BCUT2D eigenvalue weighted by atomic mass is 79.9. The van der Waals surface area contributed by atoms with Gasteiger partial charge in [0, 0.05) is 10.0 Å². The molecule has 0 saturated carbocycles. The third-order valence-corrected chi connectivity index (χ3v) is 3.75. The first-order valence-electron chi connectivity index (χ1n) is 6.47. The van der Waals surface area contributed by atoms with E-state index in [-0.39, 0.29) is 0 Å². The molecule has 106 valence electrons. The van der Waals surface area contributed by atoms with Crippen molar-refractivity contribution < 1.29 is 9.47 Å². The Bertz CT molecular complexity index is 572. The molecule has 4 heteroatoms. The fourth-order valence-corrected chi connectivity index (χ4v) is 2.27. The van der Waals surface area contributed by atoms with E-state index in [0.29, 0.717) is 13.2 Å². The van der Waals surface area contributed by atoms with Gasteiger partial charge in [-0.25, -0.2) is 0 Å². The van der Waals surface area contributed by atoms with Crippen LogP contribution in [-0.2, 0) is 13.0 Å². The normalized spacial score (nSPS) is 10.3. The van der Waals surface area contributed by atoms with Crippen LogP contribution in [0.2, 0.25) is 0 Å². The standard InChI is InChI=1S/C16H18BrNO2/c1-19-14-5-6-16(17)13(10-14)11-20-15-4-2-3-12(9-15)7-8-18/h2-6,9-10H,7-8,11,18H2,1H3. The van der Waals surface area contributed by atoms with Gasteiger partial charge in [-0.05, 0) is 48.9 Å². The molecule has 0 aliphatic rings. The van der Waals surface area contributed by atoms with Crippen LogP contribution in [-0.4, -0.2) is 13.7 Å². The Labute approximate surface area is 127 Å². The topological polar surface area (TPSA) is 44.5 Å². The molecule has 0 atom stereocenters. The van der Waals surface area contributed by atoms with Gasteiger partial charge in [-0.3, -0.25) is 0 Å². The van der Waals surface area contributed by atoms with Gasteiger partial charge in [0.1, 0.15) is 18.1 Å². The van der Waals surface area contributed by atoms with E-state index in [1.165, 1.54) is 5.56 Å². The molecule has 0 bridgehead atoms. The van der Waals surface area contributed by atoms with E-state index in [4.69, 9.17) is 15.2 Å². The lowest BCUT2D eigenvalue weighted by atomic mass is 10.1. The molecule has 0 fully saturated rings. The molecule has 0 aliphatic heterocycles. The van der Waals surface area contributed by atoms with Crippen LogP contribution >= 0.6 is 15.9 Å². The van der Waals surface area contributed by atoms with Crippen molar-refractivity contribution in [3.05, 3.63) is 58.1 Å². The molecule has 3 nitrogen and oxygen atoms in total. The monoisotopic (exact) mass is 335 g/mol. The number of ether oxygens (including phenoxy) is 2. The maximum Gasteiger partial charge on any atom is 0.120 e. The number of rotatable bonds is 6. The Balaban J connectivity index is 2.06. The Hall–Kier alpha value is -1.52. The first-order chi connectivity index (χ1) is 9.72. The van der Waals surface area contributed by atoms with Gasteiger partial charge in [-0.1, -0.05) is 28.1 Å². The van der Waals surface area contributed by atoms with E-state index in [0.717, 1.165) is 28.0 Å². The fourth-order valence-electron chi connectivity index (χ4n) is 1.91. The number of methoxy groups -OCH3 is 1. The van der Waals surface area contributed by atoms with Gasteiger partial charge >= 0.3 is 0 Å². The maximum absolute atomic E-state index is 5.83. The first kappa shape index (κ1) is 14.9. The molecule has 0 aliphatic carbocycles. The van der Waals surface area contributed by atoms with Crippen LogP contribution in [0.25, 0.3) is 0 Å². The highest BCUT2D eigenvalue weighted by molar-refractivity contribution is 9.10. The molecule has 0 aromatic heterocycles. The Morgan fingerprint density at radius 1 is 1.10 bits per heavy atom. The molecule has 2 rings (SSSR count). The molecular weight excluding hydrogens is 318 g/mol. The highest BCUT2D eigenvalue weighted by Gasteiger charge is 2.04. The largest absolute Gasteiger partial charge is 0.497 e. The Kier molecular flexibility index (Phi) is 5.44. The molecule has 0 saturated heterocycles. The van der Waals surface area contributed by atoms with Crippen molar-refractivity contribution in [2.75, 3.05) is 13.7 Å². The average molecular weight is 336 g/mol. The lowest BCUT2D eigenvalue weighted by molar-refractivity contribution is 0.304. The number of nitrogens with two attached hydrogens (primary N) is 1. The minimum atomic E-state index is 0.490. The van der Waals surface area contributed by atoms with Crippen molar-refractivity contribution in [1.29, 1.82) is 0 Å². The molecule has 2 aromatic carbocycles. The quantitative estimate of drug-likeness (QED) is 0.878. The second kappa shape index (κ2) is 7.31. The van der Waals surface area contributed by atoms with E-state index >= 15 is 0 Å². The van der Waals surface area contributed by atoms with Crippen molar-refractivity contribution >= 4 is 15.9 Å². The summed E-state index contributed by atoms with van der Waals surface area (Å²) in [5.41, 5.74) is 7.81. The first-order valence-corrected chi connectivity index (χ1v) is 7.26. The molecule has 0 heterocycles. The summed E-state index contributed by atoms with van der Waals surface area (Å²) in [6, 6.07) is 13.9. The summed E-state index contributed by atoms with van der Waals surface area (Å²) in [6.07, 6.45) is 0.861. The van der Waals surface area contributed by atoms with E-state index in [1.54, 1.807) is 7.11 Å². The SMILES string of the molecule is COc1ccc(Br)c(COc2cccc(CCN)c2)c1. The summed E-state index contributed by atoms with van der Waals surface area (Å²) < 4.78 is 12.1. The summed E-state index contributed by atoms with van der Waals surface area (Å²) in [7, 11) is 1.66. The zero-order chi connectivity index (χ0) is 14.4. The lowest BCUT2D eigenvalue weighted by Crippen LogP contribution is -2.03. The predicted molar refractivity (Wildman–Crippen MR) is 84.2 cm³/mol. The van der Waals surface area contributed by atoms with Gasteiger partial charge < -0.3 is 15.2 Å². The van der Waals surface area contributed by atoms with Crippen molar-refractivity contribution in [3.63, 3.8) is 0 Å². The third-order valence-electron chi connectivity index (χ3n) is 2.98. The molecule has 0 amide bonds. The van der Waals surface area contributed by atoms with Crippen molar-refractivity contribution in [3.8, 4) is 11.5 Å². The third kappa shape index (κ3) is 3.99. The molecule has 0 unspecified atom stereocenters. The number of halogens is 1. The van der Waals surface area contributed by atoms with E-state index in [2.05, 4.69) is 22.0 Å². The van der Waals surface area contributed by atoms with E-state index < -0.39 is 0 Å². The van der Waals surface area contributed by atoms with Crippen LogP contribution in [0, 0.1) is 0 Å². The molecular formula is C16H18BrNO2. The van der Waals surface area contributed by atoms with Gasteiger partial charge in [0.2, 0.25) is 0 Å². The summed E-state index contributed by atoms with van der Waals surface area (Å²) in [5, 5.41) is 0. The number of benzene rings is 2. The number of hydrogen-bond donors (Lipinski definition) is 1. The van der Waals surface area contributed by atoms with Gasteiger partial charge in [0.15, 0.2) is 0 Å². The Morgan fingerprint density at radius 2 is 1.95 bits per heavy atom. The van der Waals surface area contributed by atoms with Crippen LogP contribution in [0.5, 0.6) is 11.5 Å². The highest BCUT2D eigenvalue weighted by Crippen LogP contribution is 2.24. The zero-order valence-electron chi connectivity index (χ0n) is 11.4. The summed E-state index contributed by atoms with van der Waals surface area (Å²) in [6.45, 7) is 1.13. The van der Waals surface area contributed by atoms with Crippen LogP contribution < -0.4 is 15.2 Å². The van der Waals surface area contributed by atoms with Gasteiger partial charge in [0.05, 0.1) is 7.11 Å². The molecule has 0 radical (unpaired) electrons. The van der Waals surface area contributed by atoms with Gasteiger partial charge in [-0.2, -0.15) is 0 Å². The van der Waals surface area contributed by atoms with E-state index in [1.807, 2.05) is 36.4 Å². The second-order valence-electron chi connectivity index (χ2n) is 4.43. The van der Waals surface area contributed by atoms with Crippen LogP contribution in [0.4, 0.5) is 0 Å². The fraction of sp³-hybridized carbons (Fsp3) is 0.250. The molecule has 0 spiro atoms. The minimum Gasteiger partial charge on any atom is -0.497 e.